The van der Waals surface area contributed by atoms with Gasteiger partial charge in [0.25, 0.3) is 0 Å². The van der Waals surface area contributed by atoms with Gasteiger partial charge in [-0.05, 0) is 44.4 Å². The number of fused-ring (bicyclic) bond motifs is 1. The van der Waals surface area contributed by atoms with Crippen molar-refractivity contribution in [3.8, 4) is 0 Å². The molecule has 2 atom stereocenters. The summed E-state index contributed by atoms with van der Waals surface area (Å²) in [6.45, 7) is 3.64. The third-order valence-electron chi connectivity index (χ3n) is 4.21. The monoisotopic (exact) mass is 277 g/mol. The number of esters is 1. The number of hydrogen-bond acceptors (Lipinski definition) is 3. The number of hydrogen-bond donors (Lipinski definition) is 0. The minimum Gasteiger partial charge on any atom is -0.450 e. The normalized spacial score (nSPS) is 28.2. The zero-order chi connectivity index (χ0) is 14.5. The first-order valence-corrected chi connectivity index (χ1v) is 6.71. The summed E-state index contributed by atoms with van der Waals surface area (Å²) in [4.78, 5) is 25.4. The molecule has 0 aliphatic carbocycles. The summed E-state index contributed by atoms with van der Waals surface area (Å²) in [6, 6.07) is 5.79. The maximum absolute atomic E-state index is 13.0. The number of ether oxygens (including phenoxy) is 1. The van der Waals surface area contributed by atoms with Crippen molar-refractivity contribution in [2.45, 2.75) is 44.4 Å². The summed E-state index contributed by atoms with van der Waals surface area (Å²) in [5.41, 5.74) is 0.174. The molecule has 0 bridgehead atoms. The molecule has 0 radical (unpaired) electrons. The smallest absolute Gasteiger partial charge is 0.397 e. The van der Waals surface area contributed by atoms with Gasteiger partial charge in [0, 0.05) is 0 Å². The molecule has 20 heavy (non-hydrogen) atoms. The van der Waals surface area contributed by atoms with Crippen molar-refractivity contribution in [1.82, 2.24) is 4.90 Å². The number of benzene rings is 1. The molecule has 1 amide bonds. The fraction of sp³-hybridized carbons (Fsp3) is 0.467. The molecule has 1 aromatic carbocycles. The van der Waals surface area contributed by atoms with Gasteiger partial charge in [0.1, 0.15) is 11.4 Å². The Morgan fingerprint density at radius 3 is 2.50 bits per heavy atom. The molecule has 2 aliphatic heterocycles. The van der Waals surface area contributed by atoms with Crippen LogP contribution in [-0.2, 0) is 14.3 Å². The quantitative estimate of drug-likeness (QED) is 0.584. The van der Waals surface area contributed by atoms with Crippen LogP contribution in [0.1, 0.15) is 38.3 Å². The van der Waals surface area contributed by atoms with Crippen molar-refractivity contribution < 1.29 is 18.7 Å². The van der Waals surface area contributed by atoms with Gasteiger partial charge < -0.3 is 9.64 Å². The number of morpholine rings is 1. The molecule has 2 aliphatic rings. The second-order valence-electron chi connectivity index (χ2n) is 5.87. The lowest BCUT2D eigenvalue weighted by molar-refractivity contribution is -0.188. The highest BCUT2D eigenvalue weighted by Crippen LogP contribution is 2.43. The Balaban J connectivity index is 1.97. The van der Waals surface area contributed by atoms with E-state index in [1.807, 2.05) is 13.8 Å². The average molecular weight is 277 g/mol. The van der Waals surface area contributed by atoms with Crippen LogP contribution < -0.4 is 0 Å². The van der Waals surface area contributed by atoms with Gasteiger partial charge >= 0.3 is 11.9 Å². The van der Waals surface area contributed by atoms with Gasteiger partial charge in [-0.25, -0.2) is 9.18 Å². The molecule has 0 aromatic heterocycles. The molecular formula is C15H16FNO3. The fourth-order valence-corrected chi connectivity index (χ4v) is 3.24. The van der Waals surface area contributed by atoms with Gasteiger partial charge in [0.15, 0.2) is 0 Å². The highest BCUT2D eigenvalue weighted by atomic mass is 19.1. The lowest BCUT2D eigenvalue weighted by Crippen LogP contribution is -2.59. The van der Waals surface area contributed by atoms with Crippen LogP contribution in [0.25, 0.3) is 0 Å². The second kappa shape index (κ2) is 4.30. The molecule has 4 nitrogen and oxygen atoms in total. The molecule has 1 aromatic rings. The predicted octanol–water partition coefficient (Wildman–Crippen LogP) is 2.19. The van der Waals surface area contributed by atoms with E-state index in [2.05, 4.69) is 0 Å². The third-order valence-corrected chi connectivity index (χ3v) is 4.21. The molecule has 2 unspecified atom stereocenters. The molecular weight excluding hydrogens is 261 g/mol. The highest BCUT2D eigenvalue weighted by molar-refractivity contribution is 6.33. The number of carbonyl (C=O) groups is 2. The predicted molar refractivity (Wildman–Crippen MR) is 69.2 cm³/mol. The van der Waals surface area contributed by atoms with Crippen molar-refractivity contribution >= 4 is 11.9 Å². The van der Waals surface area contributed by atoms with E-state index in [4.69, 9.17) is 4.74 Å². The van der Waals surface area contributed by atoms with E-state index in [-0.39, 0.29) is 17.9 Å². The zero-order valence-electron chi connectivity index (χ0n) is 11.4. The maximum Gasteiger partial charge on any atom is 0.397 e. The SMILES string of the molecule is CC1(C)OC(=O)C(=O)N2C(c3ccc(F)cc3)CCC21. The molecule has 2 heterocycles. The molecule has 0 N–H and O–H groups in total. The summed E-state index contributed by atoms with van der Waals surface area (Å²) in [5, 5.41) is 0. The standard InChI is InChI=1S/C15H16FNO3/c1-15(2)12-8-7-11(9-3-5-10(16)6-4-9)17(12)13(18)14(19)20-15/h3-6,11-12H,7-8H2,1-2H3. The van der Waals surface area contributed by atoms with Gasteiger partial charge in [-0.2, -0.15) is 0 Å². The number of nitrogens with zero attached hydrogens (tertiary/aromatic N) is 1. The third kappa shape index (κ3) is 1.88. The fourth-order valence-electron chi connectivity index (χ4n) is 3.24. The van der Waals surface area contributed by atoms with Crippen molar-refractivity contribution in [2.24, 2.45) is 0 Å². The minimum atomic E-state index is -0.805. The van der Waals surface area contributed by atoms with Gasteiger partial charge in [-0.3, -0.25) is 4.79 Å². The Bertz CT molecular complexity index is 567. The van der Waals surface area contributed by atoms with Crippen LogP contribution >= 0.6 is 0 Å². The number of amides is 1. The van der Waals surface area contributed by atoms with Crippen LogP contribution in [0.4, 0.5) is 4.39 Å². The number of halogens is 1. The van der Waals surface area contributed by atoms with Crippen LogP contribution in [0.3, 0.4) is 0 Å². The largest absolute Gasteiger partial charge is 0.450 e. The summed E-state index contributed by atoms with van der Waals surface area (Å²) in [5.74, 6) is -1.71. The van der Waals surface area contributed by atoms with E-state index in [9.17, 15) is 14.0 Å². The van der Waals surface area contributed by atoms with Crippen molar-refractivity contribution in [3.05, 3.63) is 35.6 Å². The van der Waals surface area contributed by atoms with Crippen LogP contribution in [0.2, 0.25) is 0 Å². The molecule has 0 spiro atoms. The van der Waals surface area contributed by atoms with Crippen LogP contribution in [0.5, 0.6) is 0 Å². The lowest BCUT2D eigenvalue weighted by Gasteiger charge is -2.43. The number of rotatable bonds is 1. The van der Waals surface area contributed by atoms with Crippen LogP contribution in [0, 0.1) is 5.82 Å². The van der Waals surface area contributed by atoms with Crippen molar-refractivity contribution in [2.75, 3.05) is 0 Å². The van der Waals surface area contributed by atoms with E-state index >= 15 is 0 Å². The van der Waals surface area contributed by atoms with E-state index in [1.54, 1.807) is 17.0 Å². The maximum atomic E-state index is 13.0. The van der Waals surface area contributed by atoms with Gasteiger partial charge in [0.2, 0.25) is 0 Å². The first kappa shape index (κ1) is 13.1. The zero-order valence-corrected chi connectivity index (χ0v) is 11.4. The lowest BCUT2D eigenvalue weighted by atomic mass is 9.95. The molecule has 2 saturated heterocycles. The van der Waals surface area contributed by atoms with Crippen LogP contribution in [0.15, 0.2) is 24.3 Å². The molecule has 0 saturated carbocycles. The topological polar surface area (TPSA) is 46.6 Å². The minimum absolute atomic E-state index is 0.122. The molecule has 106 valence electrons. The first-order valence-electron chi connectivity index (χ1n) is 6.71. The Hall–Kier alpha value is -1.91. The molecule has 5 heteroatoms. The van der Waals surface area contributed by atoms with Crippen molar-refractivity contribution in [3.63, 3.8) is 0 Å². The van der Waals surface area contributed by atoms with Gasteiger partial charge in [-0.1, -0.05) is 12.1 Å². The number of carbonyl (C=O) groups excluding carboxylic acids is 2. The Kier molecular flexibility index (Phi) is 2.81. The van der Waals surface area contributed by atoms with Crippen molar-refractivity contribution in [1.29, 1.82) is 0 Å². The van der Waals surface area contributed by atoms with E-state index < -0.39 is 17.5 Å². The summed E-state index contributed by atoms with van der Waals surface area (Å²) < 4.78 is 18.2. The first-order chi connectivity index (χ1) is 9.40. The van der Waals surface area contributed by atoms with E-state index in [0.717, 1.165) is 18.4 Å². The summed E-state index contributed by atoms with van der Waals surface area (Å²) in [6.07, 6.45) is 1.52. The second-order valence-corrected chi connectivity index (χ2v) is 5.87. The average Bonchev–Trinajstić information content (AvgIpc) is 2.82. The van der Waals surface area contributed by atoms with E-state index in [1.165, 1.54) is 12.1 Å². The molecule has 3 rings (SSSR count). The Morgan fingerprint density at radius 1 is 1.20 bits per heavy atom. The van der Waals surface area contributed by atoms with E-state index in [0.29, 0.717) is 0 Å². The van der Waals surface area contributed by atoms with Gasteiger partial charge in [-0.15, -0.1) is 0 Å². The van der Waals surface area contributed by atoms with Crippen LogP contribution in [-0.4, -0.2) is 28.4 Å². The summed E-state index contributed by atoms with van der Waals surface area (Å²) >= 11 is 0. The molecule has 2 fully saturated rings. The Labute approximate surface area is 116 Å². The summed E-state index contributed by atoms with van der Waals surface area (Å²) in [7, 11) is 0. The van der Waals surface area contributed by atoms with Gasteiger partial charge in [0.05, 0.1) is 12.1 Å². The Morgan fingerprint density at radius 2 is 1.85 bits per heavy atom. The highest BCUT2D eigenvalue weighted by Gasteiger charge is 2.53. The number of cyclic esters (lactones) is 1.